The van der Waals surface area contributed by atoms with E-state index in [-0.39, 0.29) is 18.1 Å². The van der Waals surface area contributed by atoms with Crippen LogP contribution in [0, 0.1) is 0 Å². The number of esters is 1. The van der Waals surface area contributed by atoms with Crippen molar-refractivity contribution in [3.63, 3.8) is 0 Å². The third-order valence-corrected chi connectivity index (χ3v) is 4.87. The van der Waals surface area contributed by atoms with E-state index in [0.717, 1.165) is 22.1 Å². The van der Waals surface area contributed by atoms with Crippen LogP contribution in [-0.2, 0) is 16.1 Å². The zero-order valence-corrected chi connectivity index (χ0v) is 18.0. The highest BCUT2D eigenvalue weighted by molar-refractivity contribution is 5.92. The van der Waals surface area contributed by atoms with Gasteiger partial charge in [0.25, 0.3) is 5.91 Å². The van der Waals surface area contributed by atoms with E-state index < -0.39 is 5.97 Å². The Kier molecular flexibility index (Phi) is 6.97. The fourth-order valence-corrected chi connectivity index (χ4v) is 3.11. The zero-order valence-electron chi connectivity index (χ0n) is 18.0. The lowest BCUT2D eigenvalue weighted by atomic mass is 10.1. The maximum atomic E-state index is 12.5. The second-order valence-corrected chi connectivity index (χ2v) is 6.97. The van der Waals surface area contributed by atoms with E-state index in [4.69, 9.17) is 18.9 Å². The maximum absolute atomic E-state index is 12.5. The number of amides is 1. The van der Waals surface area contributed by atoms with Gasteiger partial charge >= 0.3 is 5.97 Å². The largest absolute Gasteiger partial charge is 0.497 e. The standard InChI is InChI=1S/C24H25NO6/c1-25(14-16-5-6-18-10-20(28-2)8-7-17(18)9-16)23(26)15-31-24(27)19-11-21(29-3)13-22(12-19)30-4/h5-13H,14-15H2,1-4H3. The van der Waals surface area contributed by atoms with Gasteiger partial charge in [-0.25, -0.2) is 4.79 Å². The van der Waals surface area contributed by atoms with Gasteiger partial charge in [0.05, 0.1) is 26.9 Å². The van der Waals surface area contributed by atoms with Crippen LogP contribution in [0.5, 0.6) is 17.2 Å². The molecule has 31 heavy (non-hydrogen) atoms. The summed E-state index contributed by atoms with van der Waals surface area (Å²) in [6.07, 6.45) is 0. The number of hydrogen-bond donors (Lipinski definition) is 0. The molecule has 7 heteroatoms. The monoisotopic (exact) mass is 423 g/mol. The molecule has 0 spiro atoms. The average Bonchev–Trinajstić information content (AvgIpc) is 2.81. The summed E-state index contributed by atoms with van der Waals surface area (Å²) in [6.45, 7) is 0.0327. The molecule has 7 nitrogen and oxygen atoms in total. The fraction of sp³-hybridized carbons (Fsp3) is 0.250. The number of ether oxygens (including phenoxy) is 4. The first-order chi connectivity index (χ1) is 14.9. The van der Waals surface area contributed by atoms with Gasteiger partial charge in [-0.15, -0.1) is 0 Å². The zero-order chi connectivity index (χ0) is 22.4. The number of rotatable bonds is 8. The summed E-state index contributed by atoms with van der Waals surface area (Å²) in [6, 6.07) is 16.5. The minimum atomic E-state index is -0.626. The van der Waals surface area contributed by atoms with E-state index in [2.05, 4.69) is 0 Å². The van der Waals surface area contributed by atoms with Crippen molar-refractivity contribution in [3.8, 4) is 17.2 Å². The van der Waals surface area contributed by atoms with Crippen LogP contribution in [0.25, 0.3) is 10.8 Å². The third-order valence-electron chi connectivity index (χ3n) is 4.87. The molecule has 162 valence electrons. The summed E-state index contributed by atoms with van der Waals surface area (Å²) in [5.74, 6) is 0.784. The summed E-state index contributed by atoms with van der Waals surface area (Å²) in [7, 11) is 6.29. The molecular formula is C24H25NO6. The van der Waals surface area contributed by atoms with Gasteiger partial charge in [-0.2, -0.15) is 0 Å². The van der Waals surface area contributed by atoms with Gasteiger partial charge < -0.3 is 23.8 Å². The van der Waals surface area contributed by atoms with Crippen LogP contribution in [0.2, 0.25) is 0 Å². The second kappa shape index (κ2) is 9.84. The second-order valence-electron chi connectivity index (χ2n) is 6.97. The Hall–Kier alpha value is -3.74. The number of methoxy groups -OCH3 is 3. The summed E-state index contributed by atoms with van der Waals surface area (Å²) in [4.78, 5) is 26.3. The Balaban J connectivity index is 1.60. The molecule has 0 radical (unpaired) electrons. The molecule has 0 fully saturated rings. The molecule has 0 saturated carbocycles. The predicted molar refractivity (Wildman–Crippen MR) is 117 cm³/mol. The van der Waals surface area contributed by atoms with Gasteiger partial charge in [0, 0.05) is 19.7 Å². The molecule has 0 N–H and O–H groups in total. The highest BCUT2D eigenvalue weighted by atomic mass is 16.5. The number of carbonyl (C=O) groups is 2. The molecule has 0 saturated heterocycles. The van der Waals surface area contributed by atoms with Crippen molar-refractivity contribution < 1.29 is 28.5 Å². The molecular weight excluding hydrogens is 398 g/mol. The number of benzene rings is 3. The number of carbonyl (C=O) groups excluding carboxylic acids is 2. The minimum Gasteiger partial charge on any atom is -0.497 e. The Morgan fingerprint density at radius 2 is 1.39 bits per heavy atom. The van der Waals surface area contributed by atoms with E-state index in [1.165, 1.54) is 31.3 Å². The molecule has 3 aromatic carbocycles. The van der Waals surface area contributed by atoms with E-state index in [1.54, 1.807) is 20.2 Å². The molecule has 0 heterocycles. The third kappa shape index (κ3) is 5.45. The molecule has 0 atom stereocenters. The number of nitrogens with zero attached hydrogens (tertiary/aromatic N) is 1. The van der Waals surface area contributed by atoms with E-state index in [1.807, 2.05) is 36.4 Å². The lowest BCUT2D eigenvalue weighted by Crippen LogP contribution is -2.30. The van der Waals surface area contributed by atoms with Crippen molar-refractivity contribution in [2.45, 2.75) is 6.54 Å². The minimum absolute atomic E-state index is 0.247. The van der Waals surface area contributed by atoms with Crippen LogP contribution in [0.15, 0.2) is 54.6 Å². The van der Waals surface area contributed by atoms with Crippen LogP contribution >= 0.6 is 0 Å². The molecule has 0 aliphatic rings. The molecule has 0 aliphatic carbocycles. The van der Waals surface area contributed by atoms with E-state index in [0.29, 0.717) is 18.0 Å². The molecule has 1 amide bonds. The number of hydrogen-bond acceptors (Lipinski definition) is 6. The lowest BCUT2D eigenvalue weighted by molar-refractivity contribution is -0.133. The van der Waals surface area contributed by atoms with Crippen molar-refractivity contribution in [3.05, 3.63) is 65.7 Å². The smallest absolute Gasteiger partial charge is 0.338 e. The van der Waals surface area contributed by atoms with Crippen molar-refractivity contribution in [1.82, 2.24) is 4.90 Å². The molecule has 3 aromatic rings. The Morgan fingerprint density at radius 1 is 0.774 bits per heavy atom. The van der Waals surface area contributed by atoms with Crippen molar-refractivity contribution >= 4 is 22.6 Å². The summed E-state index contributed by atoms with van der Waals surface area (Å²) in [5.41, 5.74) is 1.22. The number of likely N-dealkylation sites (N-methyl/N-ethyl adjacent to an activating group) is 1. The van der Waals surface area contributed by atoms with Crippen molar-refractivity contribution in [2.24, 2.45) is 0 Å². The highest BCUT2D eigenvalue weighted by Crippen LogP contribution is 2.24. The molecule has 0 bridgehead atoms. The van der Waals surface area contributed by atoms with Crippen molar-refractivity contribution in [2.75, 3.05) is 35.0 Å². The quantitative estimate of drug-likeness (QED) is 0.515. The lowest BCUT2D eigenvalue weighted by Gasteiger charge is -2.18. The van der Waals surface area contributed by atoms with Crippen LogP contribution in [0.3, 0.4) is 0 Å². The van der Waals surface area contributed by atoms with Gasteiger partial charge in [-0.3, -0.25) is 4.79 Å². The molecule has 0 aromatic heterocycles. The first kappa shape index (κ1) is 22.0. The van der Waals surface area contributed by atoms with Gasteiger partial charge in [0.15, 0.2) is 6.61 Å². The Labute approximate surface area is 181 Å². The first-order valence-electron chi connectivity index (χ1n) is 9.64. The highest BCUT2D eigenvalue weighted by Gasteiger charge is 2.16. The molecule has 0 aliphatic heterocycles. The topological polar surface area (TPSA) is 74.3 Å². The molecule has 0 unspecified atom stereocenters. The summed E-state index contributed by atoms with van der Waals surface area (Å²) < 4.78 is 20.7. The summed E-state index contributed by atoms with van der Waals surface area (Å²) in [5, 5.41) is 2.11. The average molecular weight is 423 g/mol. The fourth-order valence-electron chi connectivity index (χ4n) is 3.11. The van der Waals surface area contributed by atoms with Crippen LogP contribution in [0.1, 0.15) is 15.9 Å². The molecule has 3 rings (SSSR count). The van der Waals surface area contributed by atoms with Crippen LogP contribution in [-0.4, -0.2) is 51.8 Å². The summed E-state index contributed by atoms with van der Waals surface area (Å²) >= 11 is 0. The van der Waals surface area contributed by atoms with Crippen LogP contribution < -0.4 is 14.2 Å². The number of fused-ring (bicyclic) bond motifs is 1. The van der Waals surface area contributed by atoms with E-state index in [9.17, 15) is 9.59 Å². The Bertz CT molecular complexity index is 1070. The van der Waals surface area contributed by atoms with Crippen molar-refractivity contribution in [1.29, 1.82) is 0 Å². The Morgan fingerprint density at radius 3 is 2.03 bits per heavy atom. The predicted octanol–water partition coefficient (Wildman–Crippen LogP) is 3.68. The van der Waals surface area contributed by atoms with Gasteiger partial charge in [0.2, 0.25) is 0 Å². The van der Waals surface area contributed by atoms with Gasteiger partial charge in [-0.1, -0.05) is 18.2 Å². The SMILES string of the molecule is COc1cc(OC)cc(C(=O)OCC(=O)N(C)Cc2ccc3cc(OC)ccc3c2)c1. The normalized spacial score (nSPS) is 10.5. The van der Waals surface area contributed by atoms with Gasteiger partial charge in [-0.05, 0) is 46.7 Å². The van der Waals surface area contributed by atoms with Crippen LogP contribution in [0.4, 0.5) is 0 Å². The van der Waals surface area contributed by atoms with Gasteiger partial charge in [0.1, 0.15) is 17.2 Å². The maximum Gasteiger partial charge on any atom is 0.338 e. The first-order valence-corrected chi connectivity index (χ1v) is 9.64. The van der Waals surface area contributed by atoms with E-state index >= 15 is 0 Å².